The van der Waals surface area contributed by atoms with Crippen LogP contribution in [0.3, 0.4) is 0 Å². The predicted molar refractivity (Wildman–Crippen MR) is 109 cm³/mol. The molecule has 0 aliphatic carbocycles. The number of rotatable bonds is 6. The summed E-state index contributed by atoms with van der Waals surface area (Å²) in [6.07, 6.45) is 3.84. The highest BCUT2D eigenvalue weighted by molar-refractivity contribution is 5.99. The van der Waals surface area contributed by atoms with Crippen molar-refractivity contribution < 1.29 is 9.53 Å². The Labute approximate surface area is 160 Å². The fourth-order valence-electron chi connectivity index (χ4n) is 4.17. The zero-order valence-electron chi connectivity index (χ0n) is 16.0. The number of ether oxygens (including phenoxy) is 1. The second-order valence-corrected chi connectivity index (χ2v) is 7.44. The lowest BCUT2D eigenvalue weighted by molar-refractivity contribution is 0.0991. The molecule has 3 aromatic rings. The molecule has 0 amide bonds. The van der Waals surface area contributed by atoms with Crippen molar-refractivity contribution in [1.82, 2.24) is 9.88 Å². The molecule has 0 bridgehead atoms. The average Bonchev–Trinajstić information content (AvgIpc) is 3.26. The van der Waals surface area contributed by atoms with Gasteiger partial charge >= 0.3 is 0 Å². The van der Waals surface area contributed by atoms with Crippen LogP contribution in [0.1, 0.15) is 34.5 Å². The van der Waals surface area contributed by atoms with Crippen molar-refractivity contribution >= 4 is 16.7 Å². The summed E-state index contributed by atoms with van der Waals surface area (Å²) in [6, 6.07) is 16.3. The van der Waals surface area contributed by atoms with Crippen molar-refractivity contribution in [2.45, 2.75) is 31.7 Å². The molecule has 27 heavy (non-hydrogen) atoms. The summed E-state index contributed by atoms with van der Waals surface area (Å²) in [4.78, 5) is 18.9. The Morgan fingerprint density at radius 1 is 1.22 bits per heavy atom. The summed E-state index contributed by atoms with van der Waals surface area (Å²) >= 11 is 0. The second-order valence-electron chi connectivity index (χ2n) is 7.44. The molecule has 4 rings (SSSR count). The molecule has 1 saturated heterocycles. The van der Waals surface area contributed by atoms with E-state index >= 15 is 0 Å². The number of carbonyl (C=O) groups excluding carboxylic acids is 1. The largest absolute Gasteiger partial charge is 0.497 e. The van der Waals surface area contributed by atoms with E-state index in [1.165, 1.54) is 23.8 Å². The van der Waals surface area contributed by atoms with Gasteiger partial charge in [0.15, 0.2) is 5.78 Å². The molecule has 1 fully saturated rings. The molecular formula is C23H26N2O2. The molecule has 2 heterocycles. The monoisotopic (exact) mass is 362 g/mol. The molecule has 4 heteroatoms. The summed E-state index contributed by atoms with van der Waals surface area (Å²) in [6.45, 7) is 1.16. The van der Waals surface area contributed by atoms with Crippen LogP contribution in [-0.4, -0.2) is 42.4 Å². The first kappa shape index (κ1) is 17.8. The van der Waals surface area contributed by atoms with Crippen LogP contribution in [0.25, 0.3) is 10.9 Å². The van der Waals surface area contributed by atoms with Crippen LogP contribution in [0.15, 0.2) is 48.5 Å². The molecule has 0 spiro atoms. The fraction of sp³-hybridized carbons (Fsp3) is 0.348. The number of likely N-dealkylation sites (N-methyl/N-ethyl adjacent to an activating group) is 1. The van der Waals surface area contributed by atoms with Gasteiger partial charge in [-0.25, -0.2) is 0 Å². The third kappa shape index (κ3) is 3.62. The predicted octanol–water partition coefficient (Wildman–Crippen LogP) is 4.24. The molecule has 2 aromatic carbocycles. The number of hydrogen-bond donors (Lipinski definition) is 1. The number of likely N-dealkylation sites (tertiary alicyclic amines) is 1. The lowest BCUT2D eigenvalue weighted by atomic mass is 9.97. The second kappa shape index (κ2) is 7.57. The molecule has 1 aliphatic rings. The van der Waals surface area contributed by atoms with Gasteiger partial charge in [0.05, 0.1) is 13.5 Å². The van der Waals surface area contributed by atoms with E-state index in [1.807, 2.05) is 30.3 Å². The lowest BCUT2D eigenvalue weighted by Crippen LogP contribution is -2.27. The highest BCUT2D eigenvalue weighted by Gasteiger charge is 2.24. The number of nitrogens with zero attached hydrogens (tertiary/aromatic N) is 1. The van der Waals surface area contributed by atoms with E-state index in [4.69, 9.17) is 4.74 Å². The summed E-state index contributed by atoms with van der Waals surface area (Å²) in [5.74, 6) is 0.826. The average molecular weight is 362 g/mol. The first-order valence-electron chi connectivity index (χ1n) is 9.61. The number of methoxy groups -OCH3 is 1. The van der Waals surface area contributed by atoms with Crippen LogP contribution in [0.5, 0.6) is 5.75 Å². The molecule has 1 N–H and O–H groups in total. The maximum absolute atomic E-state index is 12.9. The maximum atomic E-state index is 12.9. The minimum atomic E-state index is 0.112. The number of fused-ring (bicyclic) bond motifs is 1. The SMILES string of the molecule is COc1cccc(C(=O)Cc2[nH]c3ccccc3c2CC2CCCN2C)c1. The van der Waals surface area contributed by atoms with Crippen LogP contribution in [-0.2, 0) is 12.8 Å². The van der Waals surface area contributed by atoms with Crippen molar-refractivity contribution in [3.63, 3.8) is 0 Å². The Kier molecular flexibility index (Phi) is 4.99. The van der Waals surface area contributed by atoms with Gasteiger partial charge < -0.3 is 14.6 Å². The van der Waals surface area contributed by atoms with Gasteiger partial charge in [0.25, 0.3) is 0 Å². The minimum Gasteiger partial charge on any atom is -0.497 e. The Balaban J connectivity index is 1.66. The number of benzene rings is 2. The van der Waals surface area contributed by atoms with E-state index < -0.39 is 0 Å². The van der Waals surface area contributed by atoms with E-state index in [-0.39, 0.29) is 5.78 Å². The van der Waals surface area contributed by atoms with Gasteiger partial charge in [-0.05, 0) is 56.6 Å². The van der Waals surface area contributed by atoms with Crippen LogP contribution in [0.4, 0.5) is 0 Å². The fourth-order valence-corrected chi connectivity index (χ4v) is 4.17. The summed E-state index contributed by atoms with van der Waals surface area (Å²) in [5, 5.41) is 1.24. The van der Waals surface area contributed by atoms with E-state index in [1.54, 1.807) is 7.11 Å². The standard InChI is InChI=1S/C23H26N2O2/c1-25-12-6-8-17(25)14-20-19-10-3-4-11-21(19)24-22(20)15-23(26)16-7-5-9-18(13-16)27-2/h3-5,7,9-11,13,17,24H,6,8,12,14-15H2,1-2H3. The quantitative estimate of drug-likeness (QED) is 0.667. The van der Waals surface area contributed by atoms with Gasteiger partial charge in [0.2, 0.25) is 0 Å². The molecule has 1 aliphatic heterocycles. The van der Waals surface area contributed by atoms with E-state index in [0.717, 1.165) is 24.2 Å². The molecule has 0 radical (unpaired) electrons. The molecule has 140 valence electrons. The number of aromatic nitrogens is 1. The highest BCUT2D eigenvalue weighted by Crippen LogP contribution is 2.28. The van der Waals surface area contributed by atoms with Gasteiger partial charge in [0.1, 0.15) is 5.75 Å². The number of para-hydroxylation sites is 1. The number of hydrogen-bond acceptors (Lipinski definition) is 3. The molecule has 1 aromatic heterocycles. The summed E-state index contributed by atoms with van der Waals surface area (Å²) in [7, 11) is 3.82. The van der Waals surface area contributed by atoms with Crippen molar-refractivity contribution in [2.24, 2.45) is 0 Å². The van der Waals surface area contributed by atoms with E-state index in [2.05, 4.69) is 35.1 Å². The number of Topliss-reactive ketones (excluding diaryl/α,β-unsaturated/α-hetero) is 1. The van der Waals surface area contributed by atoms with Crippen LogP contribution < -0.4 is 4.74 Å². The lowest BCUT2D eigenvalue weighted by Gasteiger charge is -2.19. The molecule has 4 nitrogen and oxygen atoms in total. The van der Waals surface area contributed by atoms with Gasteiger partial charge in [0, 0.05) is 28.2 Å². The molecule has 1 unspecified atom stereocenters. The van der Waals surface area contributed by atoms with Gasteiger partial charge in [-0.15, -0.1) is 0 Å². The Morgan fingerprint density at radius 3 is 2.85 bits per heavy atom. The number of carbonyl (C=O) groups is 1. The van der Waals surface area contributed by atoms with Crippen molar-refractivity contribution in [3.8, 4) is 5.75 Å². The molecule has 0 saturated carbocycles. The van der Waals surface area contributed by atoms with Crippen molar-refractivity contribution in [3.05, 3.63) is 65.4 Å². The van der Waals surface area contributed by atoms with E-state index in [9.17, 15) is 4.79 Å². The highest BCUT2D eigenvalue weighted by atomic mass is 16.5. The Hall–Kier alpha value is -2.59. The normalized spacial score (nSPS) is 17.5. The van der Waals surface area contributed by atoms with Gasteiger partial charge in [-0.2, -0.15) is 0 Å². The van der Waals surface area contributed by atoms with Crippen LogP contribution in [0.2, 0.25) is 0 Å². The summed E-state index contributed by atoms with van der Waals surface area (Å²) in [5.41, 5.74) is 4.14. The third-order valence-corrected chi connectivity index (χ3v) is 5.74. The zero-order valence-corrected chi connectivity index (χ0v) is 16.0. The smallest absolute Gasteiger partial charge is 0.168 e. The van der Waals surface area contributed by atoms with E-state index in [0.29, 0.717) is 23.8 Å². The number of H-pyrrole nitrogens is 1. The topological polar surface area (TPSA) is 45.3 Å². The minimum absolute atomic E-state index is 0.112. The number of nitrogens with one attached hydrogen (secondary N) is 1. The van der Waals surface area contributed by atoms with Gasteiger partial charge in [-0.3, -0.25) is 4.79 Å². The van der Waals surface area contributed by atoms with Crippen molar-refractivity contribution in [2.75, 3.05) is 20.7 Å². The summed E-state index contributed by atoms with van der Waals surface area (Å²) < 4.78 is 5.26. The van der Waals surface area contributed by atoms with Gasteiger partial charge in [-0.1, -0.05) is 30.3 Å². The van der Waals surface area contributed by atoms with Crippen molar-refractivity contribution in [1.29, 1.82) is 0 Å². The molecular weight excluding hydrogens is 336 g/mol. The van der Waals surface area contributed by atoms with Crippen LogP contribution >= 0.6 is 0 Å². The third-order valence-electron chi connectivity index (χ3n) is 5.74. The van der Waals surface area contributed by atoms with Crippen LogP contribution in [0, 0.1) is 0 Å². The maximum Gasteiger partial charge on any atom is 0.168 e. The Morgan fingerprint density at radius 2 is 2.07 bits per heavy atom. The zero-order chi connectivity index (χ0) is 18.8. The number of ketones is 1. The first-order chi connectivity index (χ1) is 13.2. The Bertz CT molecular complexity index is 960. The number of aromatic amines is 1. The molecule has 1 atom stereocenters. The first-order valence-corrected chi connectivity index (χ1v) is 9.61.